The number of hydrogen-bond donors (Lipinski definition) is 1. The number of fused-ring (bicyclic) bond motifs is 2. The molecule has 1 aromatic carbocycles. The Bertz CT molecular complexity index is 1090. The standard InChI is InChI=1S/C19H18F2N4O4S/c1-10-15(22-6-11-7-25(29-17(10)11)16(26)8-27-2)9-30-19-23-13-4-3-12(28-18(20)21)5-14(13)24-19/h3-6,18H,7-9H2,1-2H3,(H,23,24). The number of ether oxygens (including phenoxy) is 2. The fraction of sp³-hybridized carbons (Fsp3) is 0.316. The van der Waals surface area contributed by atoms with Crippen molar-refractivity contribution in [2.45, 2.75) is 31.0 Å². The number of H-pyrrole nitrogens is 1. The number of hydroxylamine groups is 2. The quantitative estimate of drug-likeness (QED) is 0.568. The van der Waals surface area contributed by atoms with Gasteiger partial charge in [0.15, 0.2) is 10.9 Å². The summed E-state index contributed by atoms with van der Waals surface area (Å²) in [6.07, 6.45) is 1.70. The number of benzene rings is 1. The maximum Gasteiger partial charge on any atom is 0.387 e. The van der Waals surface area contributed by atoms with E-state index in [9.17, 15) is 13.6 Å². The highest BCUT2D eigenvalue weighted by Crippen LogP contribution is 2.34. The molecule has 1 aliphatic rings. The number of hydrogen-bond acceptors (Lipinski definition) is 7. The Morgan fingerprint density at radius 1 is 1.43 bits per heavy atom. The average Bonchev–Trinajstić information content (AvgIpc) is 3.31. The van der Waals surface area contributed by atoms with Gasteiger partial charge >= 0.3 is 6.61 Å². The molecule has 0 saturated carbocycles. The molecule has 11 heteroatoms. The van der Waals surface area contributed by atoms with Crippen LogP contribution in [0.25, 0.3) is 11.0 Å². The predicted molar refractivity (Wildman–Crippen MR) is 104 cm³/mol. The highest BCUT2D eigenvalue weighted by atomic mass is 32.2. The topological polar surface area (TPSA) is 89.6 Å². The first-order valence-electron chi connectivity index (χ1n) is 8.96. The molecule has 4 rings (SSSR count). The van der Waals surface area contributed by atoms with Crippen molar-refractivity contribution in [1.82, 2.24) is 20.0 Å². The summed E-state index contributed by atoms with van der Waals surface area (Å²) in [5, 5.41) is 1.89. The van der Waals surface area contributed by atoms with Gasteiger partial charge in [0.05, 0.1) is 23.3 Å². The third-order valence-electron chi connectivity index (χ3n) is 4.51. The van der Waals surface area contributed by atoms with Crippen molar-refractivity contribution in [2.24, 2.45) is 0 Å². The summed E-state index contributed by atoms with van der Waals surface area (Å²) in [6, 6.07) is 4.55. The molecule has 0 radical (unpaired) electrons. The van der Waals surface area contributed by atoms with E-state index in [-0.39, 0.29) is 18.3 Å². The number of halogens is 2. The number of nitrogens with zero attached hydrogens (tertiary/aromatic N) is 3. The minimum Gasteiger partial charge on any atom is -0.435 e. The molecular formula is C19H18F2N4O4S. The van der Waals surface area contributed by atoms with Gasteiger partial charge in [-0.15, -0.1) is 0 Å². The van der Waals surface area contributed by atoms with Crippen LogP contribution in [0.4, 0.5) is 8.78 Å². The molecule has 0 bridgehead atoms. The Morgan fingerprint density at radius 2 is 2.27 bits per heavy atom. The number of imidazole rings is 1. The fourth-order valence-electron chi connectivity index (χ4n) is 3.05. The van der Waals surface area contributed by atoms with E-state index in [1.54, 1.807) is 12.3 Å². The number of aromatic amines is 1. The first kappa shape index (κ1) is 20.4. The Morgan fingerprint density at radius 3 is 3.03 bits per heavy atom. The molecular weight excluding hydrogens is 418 g/mol. The summed E-state index contributed by atoms with van der Waals surface area (Å²) in [5.41, 5.74) is 3.72. The number of carbonyl (C=O) groups is 1. The molecule has 0 spiro atoms. The van der Waals surface area contributed by atoms with E-state index in [2.05, 4.69) is 19.7 Å². The molecule has 158 valence electrons. The predicted octanol–water partition coefficient (Wildman–Crippen LogP) is 3.44. The van der Waals surface area contributed by atoms with Crippen LogP contribution in [-0.4, -0.2) is 46.3 Å². The van der Waals surface area contributed by atoms with Gasteiger partial charge in [-0.25, -0.2) is 4.98 Å². The van der Waals surface area contributed by atoms with Crippen molar-refractivity contribution >= 4 is 28.7 Å². The smallest absolute Gasteiger partial charge is 0.387 e. The second kappa shape index (κ2) is 8.44. The highest BCUT2D eigenvalue weighted by molar-refractivity contribution is 7.98. The van der Waals surface area contributed by atoms with E-state index in [4.69, 9.17) is 9.57 Å². The lowest BCUT2D eigenvalue weighted by molar-refractivity contribution is -0.159. The Labute approximate surface area is 174 Å². The van der Waals surface area contributed by atoms with Crippen LogP contribution in [0.5, 0.6) is 11.5 Å². The minimum absolute atomic E-state index is 0.0563. The molecule has 0 saturated heterocycles. The number of rotatable bonds is 7. The molecule has 0 aliphatic carbocycles. The number of amides is 1. The number of carbonyl (C=O) groups excluding carboxylic acids is 1. The monoisotopic (exact) mass is 436 g/mol. The third kappa shape index (κ3) is 4.17. The lowest BCUT2D eigenvalue weighted by Crippen LogP contribution is -2.32. The zero-order valence-corrected chi connectivity index (χ0v) is 17.0. The van der Waals surface area contributed by atoms with Crippen LogP contribution in [0.1, 0.15) is 16.8 Å². The van der Waals surface area contributed by atoms with Gasteiger partial charge in [0, 0.05) is 36.3 Å². The maximum atomic E-state index is 12.4. The largest absolute Gasteiger partial charge is 0.435 e. The lowest BCUT2D eigenvalue weighted by Gasteiger charge is -2.14. The van der Waals surface area contributed by atoms with Gasteiger partial charge in [-0.3, -0.25) is 9.78 Å². The van der Waals surface area contributed by atoms with Crippen LogP contribution in [-0.2, 0) is 21.8 Å². The number of nitrogens with one attached hydrogen (secondary N) is 1. The van der Waals surface area contributed by atoms with Crippen molar-refractivity contribution in [3.63, 3.8) is 0 Å². The summed E-state index contributed by atoms with van der Waals surface area (Å²) in [6.45, 7) is -0.723. The maximum absolute atomic E-state index is 12.4. The number of methoxy groups -OCH3 is 1. The van der Waals surface area contributed by atoms with Gasteiger partial charge in [-0.1, -0.05) is 11.8 Å². The molecule has 8 nitrogen and oxygen atoms in total. The van der Waals surface area contributed by atoms with Gasteiger partial charge in [-0.2, -0.15) is 13.8 Å². The van der Waals surface area contributed by atoms with Gasteiger partial charge in [0.1, 0.15) is 12.4 Å². The van der Waals surface area contributed by atoms with Crippen molar-refractivity contribution in [1.29, 1.82) is 0 Å². The highest BCUT2D eigenvalue weighted by Gasteiger charge is 2.28. The first-order chi connectivity index (χ1) is 14.4. The SMILES string of the molecule is COCC(=O)N1Cc2cnc(CSc3nc4ccc(OC(F)F)cc4[nH]3)c(C)c2O1. The Kier molecular flexibility index (Phi) is 5.73. The van der Waals surface area contributed by atoms with Gasteiger partial charge < -0.3 is 19.3 Å². The van der Waals surface area contributed by atoms with Crippen LogP contribution in [0, 0.1) is 6.92 Å². The summed E-state index contributed by atoms with van der Waals surface area (Å²) in [7, 11) is 1.45. The second-order valence-electron chi connectivity index (χ2n) is 6.53. The van der Waals surface area contributed by atoms with Gasteiger partial charge in [0.25, 0.3) is 5.91 Å². The second-order valence-corrected chi connectivity index (χ2v) is 7.49. The number of pyridine rings is 1. The fourth-order valence-corrected chi connectivity index (χ4v) is 3.96. The number of alkyl halides is 2. The summed E-state index contributed by atoms with van der Waals surface area (Å²) in [4.78, 5) is 29.7. The van der Waals surface area contributed by atoms with Gasteiger partial charge in [-0.05, 0) is 19.1 Å². The number of thioether (sulfide) groups is 1. The van der Waals surface area contributed by atoms with E-state index >= 15 is 0 Å². The molecule has 0 unspecified atom stereocenters. The lowest BCUT2D eigenvalue weighted by atomic mass is 10.1. The Hall–Kier alpha value is -2.92. The molecule has 3 aromatic rings. The molecule has 1 amide bonds. The van der Waals surface area contributed by atoms with E-state index in [1.165, 1.54) is 36.1 Å². The van der Waals surface area contributed by atoms with Crippen molar-refractivity contribution < 1.29 is 27.9 Å². The van der Waals surface area contributed by atoms with Crippen molar-refractivity contribution in [3.8, 4) is 11.5 Å². The van der Waals surface area contributed by atoms with E-state index in [1.807, 2.05) is 6.92 Å². The molecule has 3 heterocycles. The van der Waals surface area contributed by atoms with Crippen LogP contribution in [0.2, 0.25) is 0 Å². The van der Waals surface area contributed by atoms with Crippen LogP contribution in [0.15, 0.2) is 29.6 Å². The number of aromatic nitrogens is 3. The van der Waals surface area contributed by atoms with E-state index < -0.39 is 6.61 Å². The molecule has 2 aromatic heterocycles. The minimum atomic E-state index is -2.88. The van der Waals surface area contributed by atoms with Crippen molar-refractivity contribution in [2.75, 3.05) is 13.7 Å². The summed E-state index contributed by atoms with van der Waals surface area (Å²) >= 11 is 1.42. The molecule has 1 N–H and O–H groups in total. The summed E-state index contributed by atoms with van der Waals surface area (Å²) < 4.78 is 34.0. The zero-order valence-electron chi connectivity index (χ0n) is 16.1. The van der Waals surface area contributed by atoms with Crippen LogP contribution in [0.3, 0.4) is 0 Å². The molecule has 0 atom stereocenters. The normalized spacial score (nSPS) is 13.0. The summed E-state index contributed by atoms with van der Waals surface area (Å²) in [5.74, 6) is 0.942. The van der Waals surface area contributed by atoms with E-state index in [0.717, 1.165) is 16.8 Å². The Balaban J connectivity index is 1.46. The average molecular weight is 436 g/mol. The molecule has 0 fully saturated rings. The van der Waals surface area contributed by atoms with Crippen LogP contribution >= 0.6 is 11.8 Å². The molecule has 1 aliphatic heterocycles. The molecule has 30 heavy (non-hydrogen) atoms. The first-order valence-corrected chi connectivity index (χ1v) is 9.95. The van der Waals surface area contributed by atoms with Crippen molar-refractivity contribution in [3.05, 3.63) is 41.2 Å². The third-order valence-corrected chi connectivity index (χ3v) is 5.39. The van der Waals surface area contributed by atoms with E-state index in [0.29, 0.717) is 34.2 Å². The van der Waals surface area contributed by atoms with Crippen LogP contribution < -0.4 is 9.57 Å². The van der Waals surface area contributed by atoms with Gasteiger partial charge in [0.2, 0.25) is 0 Å². The zero-order chi connectivity index (χ0) is 21.3.